The predicted octanol–water partition coefficient (Wildman–Crippen LogP) is 11.4. The lowest BCUT2D eigenvalue weighted by molar-refractivity contribution is -0.153. The number of rotatable bonds is 39. The summed E-state index contributed by atoms with van der Waals surface area (Å²) in [6, 6.07) is 0. The summed E-state index contributed by atoms with van der Waals surface area (Å²) in [7, 11) is -4.65. The van der Waals surface area contributed by atoms with Gasteiger partial charge in [0.2, 0.25) is 0 Å². The third kappa shape index (κ3) is 39.7. The van der Waals surface area contributed by atoms with Crippen molar-refractivity contribution in [2.24, 2.45) is 0 Å². The van der Waals surface area contributed by atoms with Gasteiger partial charge in [0.15, 0.2) is 0 Å². The lowest BCUT2D eigenvalue weighted by atomic mass is 10.1. The van der Waals surface area contributed by atoms with Crippen molar-refractivity contribution in [3.05, 3.63) is 85.1 Å². The van der Waals surface area contributed by atoms with Gasteiger partial charge in [0.1, 0.15) is 12.2 Å². The van der Waals surface area contributed by atoms with E-state index in [0.717, 1.165) is 89.9 Å². The van der Waals surface area contributed by atoms with Crippen molar-refractivity contribution >= 4 is 19.8 Å². The molecule has 0 heterocycles. The van der Waals surface area contributed by atoms with Gasteiger partial charge in [-0.2, -0.15) is 0 Å². The van der Waals surface area contributed by atoms with Crippen molar-refractivity contribution in [2.75, 3.05) is 26.4 Å². The largest absolute Gasteiger partial charge is 0.472 e. The van der Waals surface area contributed by atoms with Gasteiger partial charge in [-0.3, -0.25) is 18.6 Å². The van der Waals surface area contributed by atoms with Gasteiger partial charge in [0.25, 0.3) is 0 Å². The topological polar surface area (TPSA) is 149 Å². The van der Waals surface area contributed by atoms with Gasteiger partial charge in [0.05, 0.1) is 26.4 Å². The Labute approximate surface area is 345 Å². The second-order valence-electron chi connectivity index (χ2n) is 13.9. The van der Waals surface area contributed by atoms with Crippen LogP contribution in [0.2, 0.25) is 0 Å². The van der Waals surface area contributed by atoms with Crippen LogP contribution in [-0.4, -0.2) is 65.7 Å². The Morgan fingerprint density at radius 3 is 1.12 bits per heavy atom. The van der Waals surface area contributed by atoms with Crippen molar-refractivity contribution in [3.8, 4) is 0 Å². The lowest BCUT2D eigenvalue weighted by Gasteiger charge is -2.20. The fourth-order valence-corrected chi connectivity index (χ4v) is 6.14. The zero-order valence-electron chi connectivity index (χ0n) is 35.3. The molecule has 0 radical (unpaired) electrons. The number of unbranched alkanes of at least 4 members (excludes halogenated alkanes) is 11. The Kier molecular flexibility index (Phi) is 39.2. The SMILES string of the molecule is CC/C=C\C/C=C\C/C=C\C/C=C\CCCCCCCCCCC(=O)OC(CO)COP(=O)(O)OCC(CO)OC(=O)CCCCC/C=C\C/C=C\C/C=C\CC. The molecule has 3 unspecified atom stereocenters. The Morgan fingerprint density at radius 1 is 0.474 bits per heavy atom. The van der Waals surface area contributed by atoms with Crippen LogP contribution in [0.5, 0.6) is 0 Å². The van der Waals surface area contributed by atoms with E-state index in [1.807, 2.05) is 0 Å². The molecule has 11 heteroatoms. The van der Waals surface area contributed by atoms with Gasteiger partial charge < -0.3 is 24.6 Å². The molecule has 0 aliphatic heterocycles. The average Bonchev–Trinajstić information content (AvgIpc) is 3.20. The molecule has 0 aromatic carbocycles. The van der Waals surface area contributed by atoms with Gasteiger partial charge in [-0.1, -0.05) is 144 Å². The lowest BCUT2D eigenvalue weighted by Crippen LogP contribution is -2.28. The number of hydrogen-bond acceptors (Lipinski definition) is 9. The standard InChI is InChI=1S/C46H77O10P/c1-3-5-7-9-11-13-15-17-18-19-20-21-22-23-24-26-28-30-32-34-36-38-46(50)56-44(40-48)42-54-57(51,52)53-41-43(39-47)55-45(49)37-35-33-31-29-27-25-16-14-12-10-8-6-4-2/h5-8,11-14,17-18,20-21,25,27,43-44,47-48H,3-4,9-10,15-16,19,22-24,26,28-42H2,1-2H3,(H,51,52)/b7-5-,8-6-,13-11-,14-12-,18-17-,21-20-,27-25-. The highest BCUT2D eigenvalue weighted by Gasteiger charge is 2.27. The highest BCUT2D eigenvalue weighted by Crippen LogP contribution is 2.43. The molecular formula is C46H77O10P. The van der Waals surface area contributed by atoms with E-state index in [-0.39, 0.29) is 12.8 Å². The second kappa shape index (κ2) is 41.3. The fraction of sp³-hybridized carbons (Fsp3) is 0.652. The van der Waals surface area contributed by atoms with E-state index in [4.69, 9.17) is 18.5 Å². The summed E-state index contributed by atoms with van der Waals surface area (Å²) in [6.07, 6.45) is 48.5. The van der Waals surface area contributed by atoms with Crippen LogP contribution in [0, 0.1) is 0 Å². The summed E-state index contributed by atoms with van der Waals surface area (Å²) >= 11 is 0. The Hall–Kier alpha value is -2.85. The molecule has 326 valence electrons. The van der Waals surface area contributed by atoms with E-state index in [0.29, 0.717) is 12.8 Å². The summed E-state index contributed by atoms with van der Waals surface area (Å²) in [5.74, 6) is -1.06. The monoisotopic (exact) mass is 821 g/mol. The average molecular weight is 821 g/mol. The summed E-state index contributed by atoms with van der Waals surface area (Å²) in [5.41, 5.74) is 0. The number of carbonyl (C=O) groups excluding carboxylic acids is 2. The molecule has 0 spiro atoms. The number of phosphoric acid groups is 1. The van der Waals surface area contributed by atoms with Crippen LogP contribution in [0.4, 0.5) is 0 Å². The van der Waals surface area contributed by atoms with Crippen LogP contribution >= 0.6 is 7.82 Å². The molecule has 0 aromatic rings. The quantitative estimate of drug-likeness (QED) is 0.0237. The molecule has 10 nitrogen and oxygen atoms in total. The molecule has 3 atom stereocenters. The van der Waals surface area contributed by atoms with Crippen LogP contribution < -0.4 is 0 Å². The molecule has 57 heavy (non-hydrogen) atoms. The molecule has 0 aliphatic carbocycles. The molecule has 0 bridgehead atoms. The first-order valence-electron chi connectivity index (χ1n) is 21.5. The first-order chi connectivity index (χ1) is 27.8. The van der Waals surface area contributed by atoms with E-state index in [2.05, 4.69) is 98.9 Å². The highest BCUT2D eigenvalue weighted by molar-refractivity contribution is 7.47. The Balaban J connectivity index is 3.96. The number of esters is 2. The molecule has 0 rings (SSSR count). The molecule has 0 saturated heterocycles. The van der Waals surface area contributed by atoms with E-state index < -0.39 is 58.4 Å². The predicted molar refractivity (Wildman–Crippen MR) is 233 cm³/mol. The van der Waals surface area contributed by atoms with Gasteiger partial charge in [-0.15, -0.1) is 0 Å². The first kappa shape index (κ1) is 54.2. The van der Waals surface area contributed by atoms with E-state index >= 15 is 0 Å². The van der Waals surface area contributed by atoms with E-state index in [9.17, 15) is 29.3 Å². The maximum atomic E-state index is 12.4. The zero-order chi connectivity index (χ0) is 41.9. The highest BCUT2D eigenvalue weighted by atomic mass is 31.2. The van der Waals surface area contributed by atoms with Crippen molar-refractivity contribution in [3.63, 3.8) is 0 Å². The van der Waals surface area contributed by atoms with Crippen LogP contribution in [0.15, 0.2) is 85.1 Å². The van der Waals surface area contributed by atoms with Crippen LogP contribution in [0.1, 0.15) is 155 Å². The fourth-order valence-electron chi connectivity index (χ4n) is 5.35. The summed E-state index contributed by atoms with van der Waals surface area (Å²) in [4.78, 5) is 34.5. The van der Waals surface area contributed by atoms with E-state index in [1.54, 1.807) is 0 Å². The first-order valence-corrected chi connectivity index (χ1v) is 23.0. The number of aliphatic hydroxyl groups is 2. The minimum absolute atomic E-state index is 0.152. The number of ether oxygens (including phenoxy) is 2. The van der Waals surface area contributed by atoms with Gasteiger partial charge in [0, 0.05) is 12.8 Å². The molecule has 0 saturated carbocycles. The van der Waals surface area contributed by atoms with Crippen molar-refractivity contribution in [2.45, 2.75) is 167 Å². The van der Waals surface area contributed by atoms with Crippen molar-refractivity contribution in [1.29, 1.82) is 0 Å². The van der Waals surface area contributed by atoms with E-state index in [1.165, 1.54) is 25.7 Å². The second-order valence-corrected chi connectivity index (χ2v) is 15.4. The third-order valence-electron chi connectivity index (χ3n) is 8.60. The van der Waals surface area contributed by atoms with Gasteiger partial charge >= 0.3 is 19.8 Å². The number of hydrogen-bond donors (Lipinski definition) is 3. The molecule has 0 aromatic heterocycles. The number of carbonyl (C=O) groups is 2. The summed E-state index contributed by atoms with van der Waals surface area (Å²) in [5, 5.41) is 19.2. The van der Waals surface area contributed by atoms with Crippen molar-refractivity contribution in [1.82, 2.24) is 0 Å². The van der Waals surface area contributed by atoms with Crippen molar-refractivity contribution < 1.29 is 47.8 Å². The Morgan fingerprint density at radius 2 is 0.772 bits per heavy atom. The number of aliphatic hydroxyl groups excluding tert-OH is 2. The number of allylic oxidation sites excluding steroid dienone is 14. The van der Waals surface area contributed by atoms with Crippen LogP contribution in [0.25, 0.3) is 0 Å². The Bertz CT molecular complexity index is 1220. The molecule has 3 N–H and O–H groups in total. The van der Waals surface area contributed by atoms with Crippen LogP contribution in [0.3, 0.4) is 0 Å². The summed E-state index contributed by atoms with van der Waals surface area (Å²) < 4.78 is 32.5. The van der Waals surface area contributed by atoms with Gasteiger partial charge in [-0.25, -0.2) is 4.57 Å². The smallest absolute Gasteiger partial charge is 0.457 e. The summed E-state index contributed by atoms with van der Waals surface area (Å²) in [6.45, 7) is 1.91. The zero-order valence-corrected chi connectivity index (χ0v) is 36.2. The normalized spacial score (nSPS) is 14.7. The minimum atomic E-state index is -4.65. The maximum absolute atomic E-state index is 12.4. The maximum Gasteiger partial charge on any atom is 0.472 e. The molecule has 0 amide bonds. The molecular weight excluding hydrogens is 743 g/mol. The van der Waals surface area contributed by atoms with Crippen LogP contribution in [-0.2, 0) is 32.7 Å². The van der Waals surface area contributed by atoms with Gasteiger partial charge in [-0.05, 0) is 83.5 Å². The third-order valence-corrected chi connectivity index (χ3v) is 9.55. The molecule has 0 aliphatic rings. The molecule has 0 fully saturated rings. The minimum Gasteiger partial charge on any atom is -0.457 e. The number of phosphoric ester groups is 1.